The summed E-state index contributed by atoms with van der Waals surface area (Å²) in [6, 6.07) is 12.6. The predicted molar refractivity (Wildman–Crippen MR) is 75.2 cm³/mol. The summed E-state index contributed by atoms with van der Waals surface area (Å²) >= 11 is 0. The van der Waals surface area contributed by atoms with Gasteiger partial charge in [0, 0.05) is 44.5 Å². The summed E-state index contributed by atoms with van der Waals surface area (Å²) in [5.74, 6) is 0.887. The summed E-state index contributed by atoms with van der Waals surface area (Å²) in [7, 11) is 0. The summed E-state index contributed by atoms with van der Waals surface area (Å²) in [4.78, 5) is 4.86. The zero-order valence-electron chi connectivity index (χ0n) is 11.2. The summed E-state index contributed by atoms with van der Waals surface area (Å²) in [5, 5.41) is 4.06. The van der Waals surface area contributed by atoms with E-state index < -0.39 is 0 Å². The van der Waals surface area contributed by atoms with Crippen molar-refractivity contribution in [1.82, 2.24) is 10.1 Å². The second kappa shape index (κ2) is 5.45. The summed E-state index contributed by atoms with van der Waals surface area (Å²) in [5.41, 5.74) is 2.35. The second-order valence-corrected chi connectivity index (χ2v) is 5.03. The maximum Gasteiger partial charge on any atom is 0.133 e. The molecule has 100 valence electrons. The Morgan fingerprint density at radius 2 is 1.84 bits per heavy atom. The van der Waals surface area contributed by atoms with Gasteiger partial charge in [-0.25, -0.2) is 0 Å². The van der Waals surface area contributed by atoms with Crippen LogP contribution in [0.5, 0.6) is 0 Å². The fourth-order valence-electron chi connectivity index (χ4n) is 2.52. The minimum absolute atomic E-state index is 0.887. The van der Waals surface area contributed by atoms with Crippen LogP contribution < -0.4 is 4.90 Å². The number of para-hydroxylation sites is 1. The number of piperazine rings is 1. The van der Waals surface area contributed by atoms with Gasteiger partial charge in [0.25, 0.3) is 0 Å². The molecule has 0 atom stereocenters. The van der Waals surface area contributed by atoms with Crippen LogP contribution in [0.2, 0.25) is 0 Å². The van der Waals surface area contributed by atoms with Gasteiger partial charge in [-0.1, -0.05) is 23.4 Å². The number of aromatic nitrogens is 1. The number of aryl methyl sites for hydroxylation is 1. The Morgan fingerprint density at radius 1 is 1.11 bits per heavy atom. The average Bonchev–Trinajstić information content (AvgIpc) is 2.86. The highest BCUT2D eigenvalue weighted by Crippen LogP contribution is 2.16. The SMILES string of the molecule is Cc1cc(CN2CCN(c3ccccc3)CC2)no1. The van der Waals surface area contributed by atoms with Gasteiger partial charge < -0.3 is 9.42 Å². The third-order valence-corrected chi connectivity index (χ3v) is 3.56. The van der Waals surface area contributed by atoms with Crippen LogP contribution in [-0.2, 0) is 6.54 Å². The van der Waals surface area contributed by atoms with Crippen LogP contribution in [0.15, 0.2) is 40.9 Å². The lowest BCUT2D eigenvalue weighted by atomic mass is 10.2. The second-order valence-electron chi connectivity index (χ2n) is 5.03. The van der Waals surface area contributed by atoms with Crippen molar-refractivity contribution in [3.05, 3.63) is 47.9 Å². The fraction of sp³-hybridized carbons (Fsp3) is 0.400. The first kappa shape index (κ1) is 12.2. The normalized spacial score (nSPS) is 16.8. The molecule has 0 aliphatic carbocycles. The Kier molecular flexibility index (Phi) is 3.51. The molecule has 1 saturated heterocycles. The van der Waals surface area contributed by atoms with Gasteiger partial charge in [-0.3, -0.25) is 4.90 Å². The van der Waals surface area contributed by atoms with Crippen molar-refractivity contribution in [2.24, 2.45) is 0 Å². The van der Waals surface area contributed by atoms with E-state index >= 15 is 0 Å². The van der Waals surface area contributed by atoms with Gasteiger partial charge in [0.15, 0.2) is 0 Å². The molecule has 4 nitrogen and oxygen atoms in total. The fourth-order valence-corrected chi connectivity index (χ4v) is 2.52. The van der Waals surface area contributed by atoms with Gasteiger partial charge in [0.05, 0.1) is 5.69 Å². The first-order valence-electron chi connectivity index (χ1n) is 6.76. The van der Waals surface area contributed by atoms with Gasteiger partial charge in [-0.2, -0.15) is 0 Å². The van der Waals surface area contributed by atoms with Gasteiger partial charge >= 0.3 is 0 Å². The average molecular weight is 257 g/mol. The molecule has 3 rings (SSSR count). The molecule has 0 bridgehead atoms. The molecular weight excluding hydrogens is 238 g/mol. The summed E-state index contributed by atoms with van der Waals surface area (Å²) in [6.07, 6.45) is 0. The maximum atomic E-state index is 5.11. The molecule has 0 N–H and O–H groups in total. The number of anilines is 1. The standard InChI is InChI=1S/C15H19N3O/c1-13-11-14(16-19-13)12-17-7-9-18(10-8-17)15-5-3-2-4-6-15/h2-6,11H,7-10,12H2,1H3. The van der Waals surface area contributed by atoms with Crippen LogP contribution in [0.4, 0.5) is 5.69 Å². The van der Waals surface area contributed by atoms with Crippen LogP contribution in [-0.4, -0.2) is 36.2 Å². The van der Waals surface area contributed by atoms with Crippen LogP contribution in [0.1, 0.15) is 11.5 Å². The van der Waals surface area contributed by atoms with Crippen LogP contribution in [0, 0.1) is 6.92 Å². The van der Waals surface area contributed by atoms with Crippen LogP contribution in [0.25, 0.3) is 0 Å². The molecule has 1 aromatic carbocycles. The van der Waals surface area contributed by atoms with Crippen molar-refractivity contribution < 1.29 is 4.52 Å². The van der Waals surface area contributed by atoms with Crippen molar-refractivity contribution in [1.29, 1.82) is 0 Å². The molecule has 1 aliphatic heterocycles. The molecule has 0 unspecified atom stereocenters. The molecule has 2 heterocycles. The maximum absolute atomic E-state index is 5.11. The van der Waals surface area contributed by atoms with Gasteiger partial charge in [-0.05, 0) is 19.1 Å². The zero-order valence-corrected chi connectivity index (χ0v) is 11.2. The van der Waals surface area contributed by atoms with Gasteiger partial charge in [-0.15, -0.1) is 0 Å². The van der Waals surface area contributed by atoms with Crippen molar-refractivity contribution in [3.63, 3.8) is 0 Å². The van der Waals surface area contributed by atoms with Gasteiger partial charge in [0.1, 0.15) is 5.76 Å². The molecule has 4 heteroatoms. The highest BCUT2D eigenvalue weighted by atomic mass is 16.5. The Hall–Kier alpha value is -1.81. The van der Waals surface area contributed by atoms with E-state index in [1.165, 1.54) is 5.69 Å². The number of nitrogens with zero attached hydrogens (tertiary/aromatic N) is 3. The predicted octanol–water partition coefficient (Wildman–Crippen LogP) is 2.31. The number of benzene rings is 1. The smallest absolute Gasteiger partial charge is 0.133 e. The summed E-state index contributed by atoms with van der Waals surface area (Å²) < 4.78 is 5.11. The minimum atomic E-state index is 0.887. The van der Waals surface area contributed by atoms with E-state index in [0.29, 0.717) is 0 Å². The van der Waals surface area contributed by atoms with E-state index in [0.717, 1.165) is 44.2 Å². The van der Waals surface area contributed by atoms with E-state index in [4.69, 9.17) is 4.52 Å². The lowest BCUT2D eigenvalue weighted by Crippen LogP contribution is -2.46. The number of hydrogen-bond donors (Lipinski definition) is 0. The van der Waals surface area contributed by atoms with E-state index in [1.54, 1.807) is 0 Å². The van der Waals surface area contributed by atoms with Crippen LogP contribution in [0.3, 0.4) is 0 Å². The van der Waals surface area contributed by atoms with Crippen molar-refractivity contribution in [2.45, 2.75) is 13.5 Å². The third-order valence-electron chi connectivity index (χ3n) is 3.56. The highest BCUT2D eigenvalue weighted by Gasteiger charge is 2.18. The Balaban J connectivity index is 1.55. The topological polar surface area (TPSA) is 32.5 Å². The monoisotopic (exact) mass is 257 g/mol. The molecule has 19 heavy (non-hydrogen) atoms. The molecule has 0 amide bonds. The Bertz CT molecular complexity index is 515. The largest absolute Gasteiger partial charge is 0.369 e. The molecule has 2 aromatic rings. The lowest BCUT2D eigenvalue weighted by molar-refractivity contribution is 0.242. The third kappa shape index (κ3) is 2.96. The molecular formula is C15H19N3O. The van der Waals surface area contributed by atoms with Crippen molar-refractivity contribution in [3.8, 4) is 0 Å². The van der Waals surface area contributed by atoms with Crippen LogP contribution >= 0.6 is 0 Å². The first-order chi connectivity index (χ1) is 9.31. The number of hydrogen-bond acceptors (Lipinski definition) is 4. The van der Waals surface area contributed by atoms with Crippen molar-refractivity contribution >= 4 is 5.69 Å². The molecule has 0 radical (unpaired) electrons. The Labute approximate surface area is 113 Å². The molecule has 1 aliphatic rings. The zero-order chi connectivity index (χ0) is 13.1. The van der Waals surface area contributed by atoms with E-state index in [1.807, 2.05) is 13.0 Å². The van der Waals surface area contributed by atoms with Gasteiger partial charge in [0.2, 0.25) is 0 Å². The summed E-state index contributed by atoms with van der Waals surface area (Å²) in [6.45, 7) is 7.10. The number of rotatable bonds is 3. The molecule has 0 saturated carbocycles. The molecule has 1 fully saturated rings. The molecule has 1 aromatic heterocycles. The van der Waals surface area contributed by atoms with E-state index in [9.17, 15) is 0 Å². The first-order valence-corrected chi connectivity index (χ1v) is 6.76. The molecule has 0 spiro atoms. The minimum Gasteiger partial charge on any atom is -0.369 e. The quantitative estimate of drug-likeness (QED) is 0.844. The highest BCUT2D eigenvalue weighted by molar-refractivity contribution is 5.46. The van der Waals surface area contributed by atoms with E-state index in [2.05, 4.69) is 45.3 Å². The Morgan fingerprint density at radius 3 is 2.47 bits per heavy atom. The van der Waals surface area contributed by atoms with Crippen molar-refractivity contribution in [2.75, 3.05) is 31.1 Å². The lowest BCUT2D eigenvalue weighted by Gasteiger charge is -2.35. The van der Waals surface area contributed by atoms with E-state index in [-0.39, 0.29) is 0 Å².